The van der Waals surface area contributed by atoms with Crippen molar-refractivity contribution < 1.29 is 18.3 Å². The van der Waals surface area contributed by atoms with Crippen molar-refractivity contribution in [3.05, 3.63) is 0 Å². The van der Waals surface area contributed by atoms with E-state index in [4.69, 9.17) is 18.3 Å². The third-order valence-corrected chi connectivity index (χ3v) is 4.77. The summed E-state index contributed by atoms with van der Waals surface area (Å²) in [5.74, 6) is 0. The lowest BCUT2D eigenvalue weighted by atomic mass is 10.2. The van der Waals surface area contributed by atoms with Crippen molar-refractivity contribution >= 4 is 9.28 Å². The maximum atomic E-state index is 6.02. The molecule has 3 unspecified atom stereocenters. The molecule has 0 aromatic rings. The van der Waals surface area contributed by atoms with Crippen LogP contribution in [0.5, 0.6) is 0 Å². The second-order valence-corrected chi connectivity index (χ2v) is 6.73. The average Bonchev–Trinajstić information content (AvgIpc) is 3.03. The molecule has 0 N–H and O–H groups in total. The molecule has 1 saturated heterocycles. The van der Waals surface area contributed by atoms with E-state index in [0.29, 0.717) is 6.10 Å². The minimum atomic E-state index is -1.67. The van der Waals surface area contributed by atoms with Gasteiger partial charge in [0.25, 0.3) is 0 Å². The minimum Gasteiger partial charge on any atom is -0.398 e. The van der Waals surface area contributed by atoms with Crippen LogP contribution in [0.25, 0.3) is 0 Å². The highest BCUT2D eigenvalue weighted by Crippen LogP contribution is 2.20. The van der Waals surface area contributed by atoms with Gasteiger partial charge in [0.2, 0.25) is 0 Å². The van der Waals surface area contributed by atoms with E-state index in [1.54, 1.807) is 14.2 Å². The Kier molecular flexibility index (Phi) is 6.53. The van der Waals surface area contributed by atoms with E-state index in [1.807, 2.05) is 0 Å². The predicted octanol–water partition coefficient (Wildman–Crippen LogP) is 1.40. The van der Waals surface area contributed by atoms with Crippen LogP contribution in [0, 0.1) is 0 Å². The van der Waals surface area contributed by atoms with Crippen molar-refractivity contribution in [3.63, 3.8) is 0 Å². The molecule has 96 valence electrons. The van der Waals surface area contributed by atoms with Crippen LogP contribution < -0.4 is 0 Å². The van der Waals surface area contributed by atoms with Crippen molar-refractivity contribution in [2.24, 2.45) is 0 Å². The van der Waals surface area contributed by atoms with Gasteiger partial charge in [0.05, 0.1) is 24.5 Å². The molecule has 1 rings (SSSR count). The first-order valence-corrected chi connectivity index (χ1v) is 7.64. The van der Waals surface area contributed by atoms with Gasteiger partial charge in [-0.1, -0.05) is 13.3 Å². The summed E-state index contributed by atoms with van der Waals surface area (Å²) in [5, 5.41) is 0. The second kappa shape index (κ2) is 7.40. The predicted molar refractivity (Wildman–Crippen MR) is 64.8 cm³/mol. The number of rotatable bonds is 9. The third kappa shape index (κ3) is 4.93. The minimum absolute atomic E-state index is 0.147. The lowest BCUT2D eigenvalue weighted by molar-refractivity contribution is 0.00564. The molecule has 1 heterocycles. The van der Waals surface area contributed by atoms with Crippen LogP contribution in [0.1, 0.15) is 33.1 Å². The standard InChI is InChI=1S/C11H24O4Si/c1-5-6-11(16(12-3)13-4)15-9(2)7-10-8-14-10/h9-11,16H,5-8H2,1-4H3. The molecule has 1 aliphatic heterocycles. The normalized spacial score (nSPS) is 23.4. The molecule has 0 amide bonds. The van der Waals surface area contributed by atoms with Gasteiger partial charge in [-0.05, 0) is 13.3 Å². The van der Waals surface area contributed by atoms with E-state index in [9.17, 15) is 0 Å². The summed E-state index contributed by atoms with van der Waals surface area (Å²) >= 11 is 0. The van der Waals surface area contributed by atoms with E-state index < -0.39 is 9.28 Å². The first-order chi connectivity index (χ1) is 7.71. The van der Waals surface area contributed by atoms with Crippen LogP contribution in [-0.2, 0) is 18.3 Å². The van der Waals surface area contributed by atoms with Gasteiger partial charge in [-0.25, -0.2) is 0 Å². The van der Waals surface area contributed by atoms with Crippen molar-refractivity contribution in [1.82, 2.24) is 0 Å². The molecule has 0 aromatic heterocycles. The van der Waals surface area contributed by atoms with E-state index in [2.05, 4.69) is 13.8 Å². The highest BCUT2D eigenvalue weighted by Gasteiger charge is 2.30. The summed E-state index contributed by atoms with van der Waals surface area (Å²) in [5.41, 5.74) is 0.147. The smallest absolute Gasteiger partial charge is 0.350 e. The molecule has 0 bridgehead atoms. The van der Waals surface area contributed by atoms with Crippen LogP contribution in [0.2, 0.25) is 0 Å². The average molecular weight is 248 g/mol. The fourth-order valence-corrected chi connectivity index (χ4v) is 3.68. The third-order valence-electron chi connectivity index (χ3n) is 2.75. The summed E-state index contributed by atoms with van der Waals surface area (Å²) in [6.07, 6.45) is 3.73. The summed E-state index contributed by atoms with van der Waals surface area (Å²) < 4.78 is 22.0. The van der Waals surface area contributed by atoms with Gasteiger partial charge in [0, 0.05) is 20.6 Å². The lowest BCUT2D eigenvalue weighted by Crippen LogP contribution is -2.39. The molecule has 0 aromatic carbocycles. The maximum Gasteiger partial charge on any atom is 0.350 e. The summed E-state index contributed by atoms with van der Waals surface area (Å²) in [6, 6.07) is 0. The van der Waals surface area contributed by atoms with Crippen molar-refractivity contribution in [2.45, 2.75) is 51.0 Å². The molecule has 0 aliphatic carbocycles. The monoisotopic (exact) mass is 248 g/mol. The topological polar surface area (TPSA) is 40.2 Å². The van der Waals surface area contributed by atoms with Gasteiger partial charge in [-0.3, -0.25) is 0 Å². The maximum absolute atomic E-state index is 6.02. The molecular weight excluding hydrogens is 224 g/mol. The van der Waals surface area contributed by atoms with E-state index in [1.165, 1.54) is 0 Å². The van der Waals surface area contributed by atoms with E-state index in [0.717, 1.165) is 25.9 Å². The first kappa shape index (κ1) is 14.1. The van der Waals surface area contributed by atoms with Gasteiger partial charge >= 0.3 is 9.28 Å². The van der Waals surface area contributed by atoms with Crippen LogP contribution in [0.4, 0.5) is 0 Å². The van der Waals surface area contributed by atoms with Crippen LogP contribution in [0.3, 0.4) is 0 Å². The number of epoxide rings is 1. The SMILES string of the molecule is CCCC(OC(C)CC1CO1)[SiH](OC)OC. The van der Waals surface area contributed by atoms with Gasteiger partial charge in [0.1, 0.15) is 0 Å². The zero-order valence-electron chi connectivity index (χ0n) is 10.8. The Balaban J connectivity index is 2.34. The highest BCUT2D eigenvalue weighted by molar-refractivity contribution is 6.45. The number of ether oxygens (including phenoxy) is 2. The molecular formula is C11H24O4Si. The summed E-state index contributed by atoms with van der Waals surface area (Å²) in [6.45, 7) is 5.14. The van der Waals surface area contributed by atoms with Crippen molar-refractivity contribution in [3.8, 4) is 0 Å². The molecule has 0 radical (unpaired) electrons. The molecule has 1 fully saturated rings. The fourth-order valence-electron chi connectivity index (χ4n) is 1.88. The molecule has 0 spiro atoms. The quantitative estimate of drug-likeness (QED) is 0.457. The molecule has 3 atom stereocenters. The van der Waals surface area contributed by atoms with Crippen LogP contribution in [-0.4, -0.2) is 48.0 Å². The van der Waals surface area contributed by atoms with Crippen LogP contribution >= 0.6 is 0 Å². The zero-order valence-corrected chi connectivity index (χ0v) is 11.9. The zero-order chi connectivity index (χ0) is 12.0. The number of hydrogen-bond donors (Lipinski definition) is 0. The molecule has 5 heteroatoms. The molecule has 16 heavy (non-hydrogen) atoms. The Bertz CT molecular complexity index is 183. The Labute approximate surface area is 100 Å². The van der Waals surface area contributed by atoms with Crippen molar-refractivity contribution in [1.29, 1.82) is 0 Å². The van der Waals surface area contributed by atoms with Gasteiger partial charge in [-0.2, -0.15) is 0 Å². The summed E-state index contributed by atoms with van der Waals surface area (Å²) in [4.78, 5) is 0. The van der Waals surface area contributed by atoms with E-state index >= 15 is 0 Å². The van der Waals surface area contributed by atoms with E-state index in [-0.39, 0.29) is 11.8 Å². The van der Waals surface area contributed by atoms with Gasteiger partial charge < -0.3 is 18.3 Å². The largest absolute Gasteiger partial charge is 0.398 e. The Hall–Kier alpha value is 0.0569. The van der Waals surface area contributed by atoms with Crippen LogP contribution in [0.15, 0.2) is 0 Å². The Morgan fingerprint density at radius 1 is 1.38 bits per heavy atom. The fraction of sp³-hybridized carbons (Fsp3) is 1.00. The molecule has 0 saturated carbocycles. The van der Waals surface area contributed by atoms with Gasteiger partial charge in [-0.15, -0.1) is 0 Å². The second-order valence-electron chi connectivity index (χ2n) is 4.30. The molecule has 4 nitrogen and oxygen atoms in total. The Morgan fingerprint density at radius 2 is 2.00 bits per heavy atom. The number of hydrogen-bond acceptors (Lipinski definition) is 4. The van der Waals surface area contributed by atoms with Gasteiger partial charge in [0.15, 0.2) is 0 Å². The molecule has 1 aliphatic rings. The first-order valence-electron chi connectivity index (χ1n) is 6.03. The highest BCUT2D eigenvalue weighted by atomic mass is 28.3. The lowest BCUT2D eigenvalue weighted by Gasteiger charge is -2.26. The van der Waals surface area contributed by atoms with Crippen molar-refractivity contribution in [2.75, 3.05) is 20.8 Å². The Morgan fingerprint density at radius 3 is 2.44 bits per heavy atom. The summed E-state index contributed by atoms with van der Waals surface area (Å²) in [7, 11) is 1.75.